The SMILES string of the molecule is CCC(CC(C)c1ccc(Cn2cc[n+](C)c2C)cc1)c1ccccc1. The lowest BCUT2D eigenvalue weighted by molar-refractivity contribution is -0.677. The number of hydrogen-bond acceptors (Lipinski definition) is 0. The molecule has 1 aromatic heterocycles. The lowest BCUT2D eigenvalue weighted by Crippen LogP contribution is -2.29. The van der Waals surface area contributed by atoms with Gasteiger partial charge in [-0.3, -0.25) is 0 Å². The van der Waals surface area contributed by atoms with E-state index < -0.39 is 0 Å². The predicted molar refractivity (Wildman–Crippen MR) is 108 cm³/mol. The summed E-state index contributed by atoms with van der Waals surface area (Å²) in [6.07, 6.45) is 6.65. The number of aryl methyl sites for hydroxylation is 1. The Kier molecular flexibility index (Phi) is 5.92. The molecule has 2 unspecified atom stereocenters. The molecule has 1 heterocycles. The number of hydrogen-bond donors (Lipinski definition) is 0. The van der Waals surface area contributed by atoms with Gasteiger partial charge in [-0.25, -0.2) is 9.13 Å². The summed E-state index contributed by atoms with van der Waals surface area (Å²) in [6, 6.07) is 20.1. The molecule has 0 radical (unpaired) electrons. The minimum absolute atomic E-state index is 0.570. The first-order valence-electron chi connectivity index (χ1n) is 9.73. The van der Waals surface area contributed by atoms with E-state index in [4.69, 9.17) is 0 Å². The third-order valence-electron chi connectivity index (χ3n) is 5.70. The zero-order valence-electron chi connectivity index (χ0n) is 16.5. The van der Waals surface area contributed by atoms with Crippen LogP contribution in [0.2, 0.25) is 0 Å². The zero-order valence-corrected chi connectivity index (χ0v) is 16.5. The van der Waals surface area contributed by atoms with E-state index in [1.54, 1.807) is 0 Å². The highest BCUT2D eigenvalue weighted by Gasteiger charge is 2.15. The Hall–Kier alpha value is -2.35. The Bertz CT molecular complexity index is 815. The summed E-state index contributed by atoms with van der Waals surface area (Å²) in [7, 11) is 2.09. The quantitative estimate of drug-likeness (QED) is 0.509. The van der Waals surface area contributed by atoms with Crippen LogP contribution in [0.15, 0.2) is 67.0 Å². The maximum absolute atomic E-state index is 2.36. The van der Waals surface area contributed by atoms with E-state index in [-0.39, 0.29) is 0 Å². The molecule has 0 saturated carbocycles. The van der Waals surface area contributed by atoms with Crippen molar-refractivity contribution in [1.29, 1.82) is 0 Å². The van der Waals surface area contributed by atoms with E-state index in [0.29, 0.717) is 11.8 Å². The van der Waals surface area contributed by atoms with E-state index in [1.165, 1.54) is 35.4 Å². The van der Waals surface area contributed by atoms with Crippen LogP contribution in [0.5, 0.6) is 0 Å². The molecule has 2 nitrogen and oxygen atoms in total. The Labute approximate surface area is 158 Å². The fourth-order valence-electron chi connectivity index (χ4n) is 3.74. The summed E-state index contributed by atoms with van der Waals surface area (Å²) >= 11 is 0. The van der Waals surface area contributed by atoms with Crippen molar-refractivity contribution in [2.24, 2.45) is 7.05 Å². The van der Waals surface area contributed by atoms with Crippen molar-refractivity contribution in [1.82, 2.24) is 4.57 Å². The van der Waals surface area contributed by atoms with Gasteiger partial charge in [-0.05, 0) is 41.4 Å². The summed E-state index contributed by atoms with van der Waals surface area (Å²) in [5.41, 5.74) is 4.27. The van der Waals surface area contributed by atoms with Crippen LogP contribution < -0.4 is 4.57 Å². The molecule has 0 spiro atoms. The van der Waals surface area contributed by atoms with Crippen LogP contribution in [-0.4, -0.2) is 4.57 Å². The van der Waals surface area contributed by atoms with Gasteiger partial charge < -0.3 is 0 Å². The molecule has 0 fully saturated rings. The molecule has 0 saturated heterocycles. The van der Waals surface area contributed by atoms with Crippen molar-refractivity contribution in [3.8, 4) is 0 Å². The van der Waals surface area contributed by atoms with Gasteiger partial charge in [0.1, 0.15) is 18.9 Å². The van der Waals surface area contributed by atoms with Gasteiger partial charge in [0, 0.05) is 6.92 Å². The van der Waals surface area contributed by atoms with Gasteiger partial charge in [-0.15, -0.1) is 0 Å². The second-order valence-corrected chi connectivity index (χ2v) is 7.48. The summed E-state index contributed by atoms with van der Waals surface area (Å²) in [4.78, 5) is 0. The smallest absolute Gasteiger partial charge is 0.237 e. The van der Waals surface area contributed by atoms with E-state index in [2.05, 4.69) is 104 Å². The fourth-order valence-corrected chi connectivity index (χ4v) is 3.74. The molecule has 3 aromatic rings. The largest absolute Gasteiger partial charge is 0.253 e. The highest BCUT2D eigenvalue weighted by Crippen LogP contribution is 2.32. The Morgan fingerprint density at radius 2 is 1.65 bits per heavy atom. The van der Waals surface area contributed by atoms with Gasteiger partial charge in [-0.2, -0.15) is 0 Å². The summed E-state index contributed by atoms with van der Waals surface area (Å²) in [6.45, 7) is 7.75. The summed E-state index contributed by atoms with van der Waals surface area (Å²) in [5, 5.41) is 0. The minimum Gasteiger partial charge on any atom is -0.237 e. The molecule has 2 heteroatoms. The Morgan fingerprint density at radius 3 is 2.23 bits per heavy atom. The zero-order chi connectivity index (χ0) is 18.5. The molecule has 0 aliphatic carbocycles. The second kappa shape index (κ2) is 8.35. The number of rotatable bonds is 7. The highest BCUT2D eigenvalue weighted by molar-refractivity contribution is 5.27. The highest BCUT2D eigenvalue weighted by atomic mass is 15.1. The molecule has 26 heavy (non-hydrogen) atoms. The van der Waals surface area contributed by atoms with Gasteiger partial charge in [0.05, 0.1) is 7.05 Å². The van der Waals surface area contributed by atoms with Crippen LogP contribution >= 0.6 is 0 Å². The van der Waals surface area contributed by atoms with Crippen LogP contribution in [0, 0.1) is 6.92 Å². The molecule has 0 bridgehead atoms. The van der Waals surface area contributed by atoms with E-state index in [0.717, 1.165) is 6.54 Å². The topological polar surface area (TPSA) is 8.81 Å². The van der Waals surface area contributed by atoms with Crippen molar-refractivity contribution in [2.75, 3.05) is 0 Å². The van der Waals surface area contributed by atoms with E-state index in [9.17, 15) is 0 Å². The maximum Gasteiger partial charge on any atom is 0.253 e. The fraction of sp³-hybridized carbons (Fsp3) is 0.375. The average molecular weight is 348 g/mol. The maximum atomic E-state index is 2.36. The number of benzene rings is 2. The molecule has 0 aliphatic rings. The standard InChI is InChI=1S/C24H31N2/c1-5-22(24-9-7-6-8-10-24)17-19(2)23-13-11-21(12-14-23)18-26-16-15-25(4)20(26)3/h6-16,19,22H,5,17-18H2,1-4H3/q+1. The van der Waals surface area contributed by atoms with Crippen LogP contribution in [0.4, 0.5) is 0 Å². The summed E-state index contributed by atoms with van der Waals surface area (Å²) in [5.74, 6) is 2.48. The van der Waals surface area contributed by atoms with Crippen LogP contribution in [0.1, 0.15) is 61.0 Å². The lowest BCUT2D eigenvalue weighted by Gasteiger charge is -2.20. The van der Waals surface area contributed by atoms with Crippen molar-refractivity contribution in [3.05, 3.63) is 89.5 Å². The second-order valence-electron chi connectivity index (χ2n) is 7.48. The first-order chi connectivity index (χ1) is 12.6. The Morgan fingerprint density at radius 1 is 0.962 bits per heavy atom. The monoisotopic (exact) mass is 347 g/mol. The van der Waals surface area contributed by atoms with Crippen LogP contribution in [0.25, 0.3) is 0 Å². The van der Waals surface area contributed by atoms with Crippen molar-refractivity contribution >= 4 is 0 Å². The van der Waals surface area contributed by atoms with Gasteiger partial charge >= 0.3 is 0 Å². The number of imidazole rings is 1. The normalized spacial score (nSPS) is 13.5. The number of aromatic nitrogens is 2. The molecule has 2 aromatic carbocycles. The molecule has 136 valence electrons. The molecule has 0 N–H and O–H groups in total. The molecular formula is C24H31N2+. The van der Waals surface area contributed by atoms with Gasteiger partial charge in [-0.1, -0.05) is 68.4 Å². The molecule has 2 atom stereocenters. The third kappa shape index (κ3) is 4.24. The van der Waals surface area contributed by atoms with E-state index in [1.807, 2.05) is 0 Å². The summed E-state index contributed by atoms with van der Waals surface area (Å²) < 4.78 is 4.45. The van der Waals surface area contributed by atoms with E-state index >= 15 is 0 Å². The Balaban J connectivity index is 1.66. The van der Waals surface area contributed by atoms with Crippen molar-refractivity contribution < 1.29 is 4.57 Å². The van der Waals surface area contributed by atoms with Gasteiger partial charge in [0.2, 0.25) is 0 Å². The molecule has 3 rings (SSSR count). The minimum atomic E-state index is 0.570. The first-order valence-corrected chi connectivity index (χ1v) is 9.73. The third-order valence-corrected chi connectivity index (χ3v) is 5.70. The van der Waals surface area contributed by atoms with Gasteiger partial charge in [0.15, 0.2) is 0 Å². The average Bonchev–Trinajstić information content (AvgIpc) is 2.99. The van der Waals surface area contributed by atoms with Crippen molar-refractivity contribution in [2.45, 2.75) is 52.0 Å². The van der Waals surface area contributed by atoms with Crippen LogP contribution in [-0.2, 0) is 13.6 Å². The first kappa shape index (κ1) is 18.4. The molecule has 0 aliphatic heterocycles. The van der Waals surface area contributed by atoms with Crippen LogP contribution in [0.3, 0.4) is 0 Å². The predicted octanol–water partition coefficient (Wildman–Crippen LogP) is 5.36. The van der Waals surface area contributed by atoms with Gasteiger partial charge in [0.25, 0.3) is 5.82 Å². The lowest BCUT2D eigenvalue weighted by atomic mass is 9.84. The number of nitrogens with zero attached hydrogens (tertiary/aromatic N) is 2. The molecule has 0 amide bonds. The van der Waals surface area contributed by atoms with Crippen molar-refractivity contribution in [3.63, 3.8) is 0 Å². The molecular weight excluding hydrogens is 316 g/mol.